The SMILES string of the molecule is O=C(CCN1CCCCC1)NCCc1cnc[nH]1. The molecule has 1 aromatic heterocycles. The van der Waals surface area contributed by atoms with Crippen LogP contribution in [-0.4, -0.2) is 47.0 Å². The third kappa shape index (κ3) is 4.49. The molecule has 0 unspecified atom stereocenters. The van der Waals surface area contributed by atoms with Crippen molar-refractivity contribution in [1.29, 1.82) is 0 Å². The fourth-order valence-electron chi connectivity index (χ4n) is 2.29. The van der Waals surface area contributed by atoms with Gasteiger partial charge in [0.25, 0.3) is 0 Å². The van der Waals surface area contributed by atoms with Crippen LogP contribution in [-0.2, 0) is 11.2 Å². The number of piperidine rings is 1. The van der Waals surface area contributed by atoms with E-state index in [1.807, 2.05) is 0 Å². The van der Waals surface area contributed by atoms with Crippen LogP contribution in [0.15, 0.2) is 12.5 Å². The molecule has 0 spiro atoms. The molecule has 1 saturated heterocycles. The zero-order chi connectivity index (χ0) is 12.6. The highest BCUT2D eigenvalue weighted by Gasteiger charge is 2.11. The third-order valence-corrected chi connectivity index (χ3v) is 3.38. The zero-order valence-corrected chi connectivity index (χ0v) is 10.8. The fraction of sp³-hybridized carbons (Fsp3) is 0.692. The van der Waals surface area contributed by atoms with Gasteiger partial charge in [-0.05, 0) is 25.9 Å². The van der Waals surface area contributed by atoms with Gasteiger partial charge in [-0.25, -0.2) is 4.98 Å². The van der Waals surface area contributed by atoms with Gasteiger partial charge in [0, 0.05) is 37.8 Å². The van der Waals surface area contributed by atoms with Crippen LogP contribution in [0.4, 0.5) is 0 Å². The number of H-pyrrole nitrogens is 1. The molecule has 100 valence electrons. The molecule has 1 aliphatic heterocycles. The smallest absolute Gasteiger partial charge is 0.221 e. The molecule has 0 saturated carbocycles. The first-order chi connectivity index (χ1) is 8.84. The number of aromatic amines is 1. The lowest BCUT2D eigenvalue weighted by Crippen LogP contribution is -2.34. The molecule has 2 heterocycles. The van der Waals surface area contributed by atoms with E-state index in [9.17, 15) is 4.79 Å². The van der Waals surface area contributed by atoms with Gasteiger partial charge in [0.15, 0.2) is 0 Å². The molecular formula is C13H22N4O. The van der Waals surface area contributed by atoms with Crippen molar-refractivity contribution in [3.63, 3.8) is 0 Å². The van der Waals surface area contributed by atoms with Crippen LogP contribution in [0.5, 0.6) is 0 Å². The minimum Gasteiger partial charge on any atom is -0.356 e. The molecule has 1 fully saturated rings. The molecule has 2 rings (SSSR count). The number of nitrogens with zero attached hydrogens (tertiary/aromatic N) is 2. The van der Waals surface area contributed by atoms with Gasteiger partial charge < -0.3 is 15.2 Å². The lowest BCUT2D eigenvalue weighted by Gasteiger charge is -2.25. The molecule has 2 N–H and O–H groups in total. The Balaban J connectivity index is 1.54. The molecular weight excluding hydrogens is 228 g/mol. The first-order valence-electron chi connectivity index (χ1n) is 6.81. The van der Waals surface area contributed by atoms with Crippen LogP contribution in [0.2, 0.25) is 0 Å². The number of rotatable bonds is 6. The van der Waals surface area contributed by atoms with Gasteiger partial charge in [-0.2, -0.15) is 0 Å². The van der Waals surface area contributed by atoms with Crippen molar-refractivity contribution < 1.29 is 4.79 Å². The Morgan fingerprint density at radius 3 is 2.94 bits per heavy atom. The number of imidazole rings is 1. The summed E-state index contributed by atoms with van der Waals surface area (Å²) in [5.74, 6) is 0.153. The standard InChI is InChI=1S/C13H22N4O/c18-13(5-9-17-7-2-1-3-8-17)15-6-4-12-10-14-11-16-12/h10-11H,1-9H2,(H,14,16)(H,15,18). The average Bonchev–Trinajstić information content (AvgIpc) is 2.91. The van der Waals surface area contributed by atoms with Crippen molar-refractivity contribution in [2.75, 3.05) is 26.2 Å². The summed E-state index contributed by atoms with van der Waals surface area (Å²) in [6.45, 7) is 3.89. The Hall–Kier alpha value is -1.36. The summed E-state index contributed by atoms with van der Waals surface area (Å²) in [5, 5.41) is 2.95. The van der Waals surface area contributed by atoms with Gasteiger partial charge in [-0.1, -0.05) is 6.42 Å². The minimum atomic E-state index is 0.153. The van der Waals surface area contributed by atoms with E-state index in [4.69, 9.17) is 0 Å². The number of nitrogens with one attached hydrogen (secondary N) is 2. The van der Waals surface area contributed by atoms with E-state index in [1.54, 1.807) is 12.5 Å². The van der Waals surface area contributed by atoms with Crippen molar-refractivity contribution in [2.24, 2.45) is 0 Å². The van der Waals surface area contributed by atoms with E-state index < -0.39 is 0 Å². The minimum absolute atomic E-state index is 0.153. The van der Waals surface area contributed by atoms with E-state index in [1.165, 1.54) is 19.3 Å². The molecule has 1 aliphatic rings. The number of carbonyl (C=O) groups is 1. The van der Waals surface area contributed by atoms with Gasteiger partial charge in [0.05, 0.1) is 6.33 Å². The van der Waals surface area contributed by atoms with Gasteiger partial charge in [0.2, 0.25) is 5.91 Å². The molecule has 0 aliphatic carbocycles. The normalized spacial score (nSPS) is 16.7. The second-order valence-electron chi connectivity index (χ2n) is 4.83. The van der Waals surface area contributed by atoms with E-state index in [-0.39, 0.29) is 5.91 Å². The van der Waals surface area contributed by atoms with Crippen molar-refractivity contribution in [3.8, 4) is 0 Å². The highest BCUT2D eigenvalue weighted by molar-refractivity contribution is 5.76. The Kier molecular flexibility index (Phi) is 5.20. The second-order valence-corrected chi connectivity index (χ2v) is 4.83. The van der Waals surface area contributed by atoms with Crippen molar-refractivity contribution >= 4 is 5.91 Å². The Bertz CT molecular complexity index is 344. The first kappa shape index (κ1) is 13.1. The number of hydrogen-bond donors (Lipinski definition) is 2. The lowest BCUT2D eigenvalue weighted by molar-refractivity contribution is -0.121. The number of likely N-dealkylation sites (tertiary alicyclic amines) is 1. The molecule has 1 amide bonds. The molecule has 5 nitrogen and oxygen atoms in total. The van der Waals surface area contributed by atoms with Gasteiger partial charge in [-0.15, -0.1) is 0 Å². The van der Waals surface area contributed by atoms with Crippen molar-refractivity contribution in [2.45, 2.75) is 32.1 Å². The van der Waals surface area contributed by atoms with Crippen LogP contribution in [0.25, 0.3) is 0 Å². The summed E-state index contributed by atoms with van der Waals surface area (Å²) in [6, 6.07) is 0. The monoisotopic (exact) mass is 250 g/mol. The largest absolute Gasteiger partial charge is 0.356 e. The van der Waals surface area contributed by atoms with Crippen LogP contribution in [0, 0.1) is 0 Å². The second kappa shape index (κ2) is 7.16. The third-order valence-electron chi connectivity index (χ3n) is 3.38. The number of aromatic nitrogens is 2. The predicted octanol–water partition coefficient (Wildman–Crippen LogP) is 0.944. The Morgan fingerprint density at radius 2 is 2.22 bits per heavy atom. The van der Waals surface area contributed by atoms with Crippen LogP contribution in [0.1, 0.15) is 31.4 Å². The van der Waals surface area contributed by atoms with Gasteiger partial charge in [-0.3, -0.25) is 4.79 Å². The molecule has 0 bridgehead atoms. The highest BCUT2D eigenvalue weighted by atomic mass is 16.1. The average molecular weight is 250 g/mol. The summed E-state index contributed by atoms with van der Waals surface area (Å²) in [6.07, 6.45) is 8.78. The molecule has 0 radical (unpaired) electrons. The molecule has 18 heavy (non-hydrogen) atoms. The van der Waals surface area contributed by atoms with Crippen LogP contribution in [0.3, 0.4) is 0 Å². The Morgan fingerprint density at radius 1 is 1.39 bits per heavy atom. The van der Waals surface area contributed by atoms with Crippen molar-refractivity contribution in [1.82, 2.24) is 20.2 Å². The summed E-state index contributed by atoms with van der Waals surface area (Å²) >= 11 is 0. The number of carbonyl (C=O) groups excluding carboxylic acids is 1. The predicted molar refractivity (Wildman–Crippen MR) is 70.2 cm³/mol. The van der Waals surface area contributed by atoms with E-state index in [0.717, 1.165) is 31.7 Å². The maximum absolute atomic E-state index is 11.7. The zero-order valence-electron chi connectivity index (χ0n) is 10.8. The maximum Gasteiger partial charge on any atom is 0.221 e. The van der Waals surface area contributed by atoms with E-state index in [2.05, 4.69) is 20.2 Å². The topological polar surface area (TPSA) is 61.0 Å². The molecule has 1 aromatic rings. The summed E-state index contributed by atoms with van der Waals surface area (Å²) in [7, 11) is 0. The number of hydrogen-bond acceptors (Lipinski definition) is 3. The number of amides is 1. The molecule has 0 aromatic carbocycles. The molecule has 5 heteroatoms. The molecule has 0 atom stereocenters. The quantitative estimate of drug-likeness (QED) is 0.790. The van der Waals surface area contributed by atoms with E-state index >= 15 is 0 Å². The highest BCUT2D eigenvalue weighted by Crippen LogP contribution is 2.08. The van der Waals surface area contributed by atoms with Crippen molar-refractivity contribution in [3.05, 3.63) is 18.2 Å². The van der Waals surface area contributed by atoms with Gasteiger partial charge in [0.1, 0.15) is 0 Å². The Labute approximate surface area is 108 Å². The van der Waals surface area contributed by atoms with E-state index in [0.29, 0.717) is 13.0 Å². The van der Waals surface area contributed by atoms with Crippen LogP contribution >= 0.6 is 0 Å². The first-order valence-corrected chi connectivity index (χ1v) is 6.81. The summed E-state index contributed by atoms with van der Waals surface area (Å²) in [5.41, 5.74) is 1.06. The fourth-order valence-corrected chi connectivity index (χ4v) is 2.29. The summed E-state index contributed by atoms with van der Waals surface area (Å²) < 4.78 is 0. The van der Waals surface area contributed by atoms with Gasteiger partial charge >= 0.3 is 0 Å². The summed E-state index contributed by atoms with van der Waals surface area (Å²) in [4.78, 5) is 21.0. The van der Waals surface area contributed by atoms with Crippen LogP contribution < -0.4 is 5.32 Å². The lowest BCUT2D eigenvalue weighted by atomic mass is 10.1. The maximum atomic E-state index is 11.7.